The summed E-state index contributed by atoms with van der Waals surface area (Å²) in [4.78, 5) is 0. The summed E-state index contributed by atoms with van der Waals surface area (Å²) in [6, 6.07) is 0. The van der Waals surface area contributed by atoms with E-state index in [0.29, 0.717) is 47.3 Å². The SMILES string of the molecule is CCCCCCCCSC1CC2C3NC(NC4NC(NC5NC(NC6NC(N3)C3CC(SCCCCCCCC)C(SCCCCCCCC)CC63)C3CC(SCCCCCCCC)C(SCCCCCCCC)CC53)C3CC(SCCCCCCCC)C(SCCCCCCCC)CC43)C2CC1SCCCCCCCC.[Zn]. The first kappa shape index (κ1) is 102. The molecule has 9 fully saturated rings. The first-order valence-corrected chi connectivity index (χ1v) is 58.7. The van der Waals surface area contributed by atoms with Gasteiger partial charge in [0.25, 0.3) is 0 Å². The van der Waals surface area contributed by atoms with Crippen molar-refractivity contribution in [2.45, 2.75) is 506 Å². The van der Waals surface area contributed by atoms with Gasteiger partial charge in [0.1, 0.15) is 0 Å². The van der Waals surface area contributed by atoms with Crippen LogP contribution in [-0.2, 0) is 19.5 Å². The number of thioether (sulfide) groups is 8. The number of hydrogen-bond acceptors (Lipinski definition) is 16. The number of nitrogens with one attached hydrogen (secondary N) is 8. The van der Waals surface area contributed by atoms with Crippen LogP contribution in [0.1, 0.15) is 415 Å². The summed E-state index contributed by atoms with van der Waals surface area (Å²) in [5.41, 5.74) is 0. The molecule has 0 spiro atoms. The van der Waals surface area contributed by atoms with Crippen molar-refractivity contribution in [3.05, 3.63) is 0 Å². The van der Waals surface area contributed by atoms with Crippen LogP contribution in [0.3, 0.4) is 0 Å². The van der Waals surface area contributed by atoms with Gasteiger partial charge in [-0.2, -0.15) is 94.1 Å². The van der Waals surface area contributed by atoms with E-state index in [2.05, 4.69) is 149 Å². The van der Waals surface area contributed by atoms with Crippen molar-refractivity contribution in [3.8, 4) is 0 Å². The predicted molar refractivity (Wildman–Crippen MR) is 517 cm³/mol. The number of fused-ring (bicyclic) bond motifs is 20. The van der Waals surface area contributed by atoms with Gasteiger partial charge in [-0.15, -0.1) is 0 Å². The third-order valence-electron chi connectivity index (χ3n) is 28.8. The molecule has 0 amide bonds. The first-order chi connectivity index (χ1) is 55.3. The monoisotopic (exact) mass is 1770 g/mol. The number of unbranched alkanes of at least 4 members (excludes halogenated alkanes) is 40. The Morgan fingerprint density at radius 2 is 0.248 bits per heavy atom. The van der Waals surface area contributed by atoms with Crippen LogP contribution in [0.2, 0.25) is 0 Å². The molecule has 0 radical (unpaired) electrons. The molecule has 8 N–H and O–H groups in total. The molecule has 16 atom stereocenters. The van der Waals surface area contributed by atoms with Crippen LogP contribution in [0.25, 0.3) is 0 Å². The van der Waals surface area contributed by atoms with Gasteiger partial charge in [-0.1, -0.05) is 312 Å². The fourth-order valence-corrected chi connectivity index (χ4v) is 34.8. The molecule has 658 valence electrons. The van der Waals surface area contributed by atoms with E-state index in [0.717, 1.165) is 42.0 Å². The molecule has 0 aromatic carbocycles. The largest absolute Gasteiger partial charge is 0.286 e. The average molecular weight is 1770 g/mol. The van der Waals surface area contributed by atoms with Crippen molar-refractivity contribution < 1.29 is 19.5 Å². The predicted octanol–water partition coefficient (Wildman–Crippen LogP) is 27.2. The van der Waals surface area contributed by atoms with E-state index in [1.807, 2.05) is 0 Å². The first-order valence-electron chi connectivity index (χ1n) is 50.3. The van der Waals surface area contributed by atoms with E-state index in [-0.39, 0.29) is 68.8 Å². The van der Waals surface area contributed by atoms with Crippen molar-refractivity contribution in [2.24, 2.45) is 47.3 Å². The van der Waals surface area contributed by atoms with Gasteiger partial charge in [0.2, 0.25) is 0 Å². The molecule has 4 saturated carbocycles. The molecule has 16 unspecified atom stereocenters. The standard InChI is InChI=1S/C96H184N8S8.Zn/c1-9-17-25-33-41-49-57-105-81-65-73-74(66-82(81)106-58-50-42-34-26-18-10-2)90-97-89(73)101-91-75-67-83(107-59-51-43-35-27-19-11-3)84(108-60-52-44-36-28-20-12-4)68-76(75)93(98-91)103-95-79-71-87(111-63-55-47-39-31-23-15-7)88(112-64-56-48-40-32-24-16-8)72-80(79)96(100-95)104-94-78-70-86(110-62-54-46-38-30-22-14-6)85(69-77(78)92(99-94)102-90)109-61-53-45-37-29-21-13-5;/h73-104H,9-72H2,1-8H3;. The Balaban J connectivity index is 0.0000160. The minimum absolute atomic E-state index is 0. The summed E-state index contributed by atoms with van der Waals surface area (Å²) in [6.07, 6.45) is 80.4. The summed E-state index contributed by atoms with van der Waals surface area (Å²) < 4.78 is 0. The van der Waals surface area contributed by atoms with Gasteiger partial charge in [-0.05, 0) is 196 Å². The summed E-state index contributed by atoms with van der Waals surface area (Å²) >= 11 is 19.6. The van der Waals surface area contributed by atoms with Crippen molar-refractivity contribution in [1.29, 1.82) is 0 Å². The maximum Gasteiger partial charge on any atom is 0.0628 e. The molecule has 4 aliphatic carbocycles. The molecular formula is C96H184N8S8Zn. The zero-order chi connectivity index (χ0) is 78.4. The second-order valence-electron chi connectivity index (χ2n) is 37.8. The van der Waals surface area contributed by atoms with Crippen LogP contribution in [0.15, 0.2) is 0 Å². The van der Waals surface area contributed by atoms with E-state index >= 15 is 0 Å². The second kappa shape index (κ2) is 62.3. The molecule has 5 saturated heterocycles. The van der Waals surface area contributed by atoms with Crippen molar-refractivity contribution in [3.63, 3.8) is 0 Å². The van der Waals surface area contributed by atoms with Gasteiger partial charge in [0.05, 0.1) is 49.3 Å². The van der Waals surface area contributed by atoms with Crippen LogP contribution in [0.4, 0.5) is 0 Å². The maximum absolute atomic E-state index is 4.82. The van der Waals surface area contributed by atoms with Gasteiger partial charge < -0.3 is 0 Å². The zero-order valence-electron chi connectivity index (χ0n) is 75.1. The second-order valence-corrected chi connectivity index (χ2v) is 48.5. The van der Waals surface area contributed by atoms with Crippen LogP contribution in [-0.4, -0.2) is 137 Å². The smallest absolute Gasteiger partial charge is 0.0628 e. The molecule has 113 heavy (non-hydrogen) atoms. The van der Waals surface area contributed by atoms with Crippen LogP contribution in [0.5, 0.6) is 0 Å². The van der Waals surface area contributed by atoms with E-state index in [4.69, 9.17) is 42.5 Å². The molecule has 8 bridgehead atoms. The molecule has 8 nitrogen and oxygen atoms in total. The Hall–Kier alpha value is 3.10. The Labute approximate surface area is 749 Å². The fourth-order valence-electron chi connectivity index (χ4n) is 22.1. The van der Waals surface area contributed by atoms with Crippen molar-refractivity contribution in [2.75, 3.05) is 46.0 Å². The molecule has 17 heteroatoms. The third-order valence-corrected chi connectivity index (χ3v) is 41.3. The quantitative estimate of drug-likeness (QED) is 0.0219. The van der Waals surface area contributed by atoms with Gasteiger partial charge in [-0.25, -0.2) is 0 Å². The van der Waals surface area contributed by atoms with Crippen molar-refractivity contribution >= 4 is 94.1 Å². The molecule has 0 aromatic rings. The van der Waals surface area contributed by atoms with Crippen LogP contribution < -0.4 is 42.5 Å². The number of rotatable bonds is 64. The van der Waals surface area contributed by atoms with E-state index in [1.54, 1.807) is 0 Å². The van der Waals surface area contributed by atoms with Gasteiger partial charge >= 0.3 is 0 Å². The molecular weight excluding hydrogens is 1590 g/mol. The Morgan fingerprint density at radius 1 is 0.150 bits per heavy atom. The molecule has 5 heterocycles. The number of hydrogen-bond donors (Lipinski definition) is 8. The summed E-state index contributed by atoms with van der Waals surface area (Å²) in [5.74, 6) is 15.6. The van der Waals surface area contributed by atoms with Crippen LogP contribution >= 0.6 is 94.1 Å². The topological polar surface area (TPSA) is 96.2 Å². The molecule has 0 aromatic heterocycles. The summed E-state index contributed by atoms with van der Waals surface area (Å²) in [7, 11) is 0. The third kappa shape index (κ3) is 35.7. The molecule has 9 rings (SSSR count). The fraction of sp³-hybridized carbons (Fsp3) is 1.00. The average Bonchev–Trinajstić information content (AvgIpc) is 1.62. The Morgan fingerprint density at radius 3 is 0.354 bits per heavy atom. The Bertz CT molecular complexity index is 1850. The van der Waals surface area contributed by atoms with Gasteiger partial charge in [0.15, 0.2) is 0 Å². The molecule has 5 aliphatic heterocycles. The normalized spacial score (nSPS) is 33.3. The van der Waals surface area contributed by atoms with E-state index in [1.165, 1.54) is 406 Å². The molecule has 9 aliphatic rings. The van der Waals surface area contributed by atoms with Gasteiger partial charge in [-0.3, -0.25) is 42.5 Å². The van der Waals surface area contributed by atoms with Crippen molar-refractivity contribution in [1.82, 2.24) is 42.5 Å². The zero-order valence-corrected chi connectivity index (χ0v) is 84.6. The van der Waals surface area contributed by atoms with Gasteiger partial charge in [0, 0.05) is 61.5 Å². The van der Waals surface area contributed by atoms with E-state index < -0.39 is 0 Å². The minimum Gasteiger partial charge on any atom is -0.286 e. The van der Waals surface area contributed by atoms with E-state index in [9.17, 15) is 0 Å². The summed E-state index contributed by atoms with van der Waals surface area (Å²) in [6.45, 7) is 19.1. The van der Waals surface area contributed by atoms with Crippen LogP contribution in [0, 0.1) is 47.3 Å². The maximum atomic E-state index is 4.82. The Kier molecular flexibility index (Phi) is 56.0. The minimum atomic E-state index is 0. The summed E-state index contributed by atoms with van der Waals surface area (Å²) in [5, 5.41) is 44.0.